The van der Waals surface area contributed by atoms with Crippen LogP contribution in [0.3, 0.4) is 0 Å². The average molecular weight is 403 g/mol. The third-order valence-electron chi connectivity index (χ3n) is 3.96. The zero-order valence-electron chi connectivity index (χ0n) is 15.1. The van der Waals surface area contributed by atoms with Gasteiger partial charge in [-0.15, -0.1) is 0 Å². The van der Waals surface area contributed by atoms with Crippen LogP contribution >= 0.6 is 0 Å². The van der Waals surface area contributed by atoms with Gasteiger partial charge in [-0.05, 0) is 61.4 Å². The minimum atomic E-state index is -0.0144. The first kappa shape index (κ1) is 20.4. The van der Waals surface area contributed by atoms with E-state index in [1.165, 1.54) is 6.92 Å². The molecule has 4 nitrogen and oxygen atoms in total. The van der Waals surface area contributed by atoms with Crippen LogP contribution in [-0.4, -0.2) is 11.6 Å². The summed E-state index contributed by atoms with van der Waals surface area (Å²) in [5, 5.41) is 6.34. The molecule has 0 atom stereocenters. The second kappa shape index (κ2) is 9.15. The molecular weight excluding hydrogens is 383 g/mol. The van der Waals surface area contributed by atoms with E-state index in [2.05, 4.69) is 10.6 Å². The quantitative estimate of drug-likeness (QED) is 0.565. The number of carbonyl (C=O) groups excluding carboxylic acids is 2. The fourth-order valence-corrected chi connectivity index (χ4v) is 2.80. The number of hydrogen-bond donors (Lipinski definition) is 2. The van der Waals surface area contributed by atoms with E-state index in [9.17, 15) is 9.59 Å². The molecule has 0 spiro atoms. The molecule has 2 N–H and O–H groups in total. The maximum atomic E-state index is 12.2. The Kier molecular flexibility index (Phi) is 6.92. The Labute approximate surface area is 169 Å². The molecule has 0 fully saturated rings. The molecule has 0 aliphatic heterocycles. The van der Waals surface area contributed by atoms with Gasteiger partial charge in [0.05, 0.1) is 0 Å². The molecule has 0 saturated heterocycles. The summed E-state index contributed by atoms with van der Waals surface area (Å²) in [6, 6.07) is 15.5. The number of nitrogens with one attached hydrogen (secondary N) is 2. The Hall–Kier alpha value is -2.91. The van der Waals surface area contributed by atoms with Crippen molar-refractivity contribution in [1.82, 2.24) is 0 Å². The smallest absolute Gasteiger partial charge is 0.187 e. The van der Waals surface area contributed by atoms with Gasteiger partial charge in [0, 0.05) is 45.3 Å². The Morgan fingerprint density at radius 3 is 2.30 bits per heavy atom. The van der Waals surface area contributed by atoms with Gasteiger partial charge in [-0.1, -0.05) is 30.3 Å². The number of hydrogen-bond acceptors (Lipinski definition) is 4. The van der Waals surface area contributed by atoms with Crippen molar-refractivity contribution < 1.29 is 26.1 Å². The summed E-state index contributed by atoms with van der Waals surface area (Å²) in [5.41, 5.74) is 5.15. The van der Waals surface area contributed by atoms with E-state index < -0.39 is 0 Å². The molecule has 0 saturated carbocycles. The zero-order valence-corrected chi connectivity index (χ0v) is 16.0. The molecule has 1 aliphatic rings. The van der Waals surface area contributed by atoms with Crippen molar-refractivity contribution in [3.05, 3.63) is 83.7 Å². The fraction of sp³-hybridized carbons (Fsp3) is 0.0909. The van der Waals surface area contributed by atoms with Crippen molar-refractivity contribution in [2.24, 2.45) is 0 Å². The molecule has 5 heteroatoms. The number of carbonyl (C=O) groups is 2. The van der Waals surface area contributed by atoms with Gasteiger partial charge >= 0.3 is 0 Å². The molecule has 27 heavy (non-hydrogen) atoms. The minimum Gasteiger partial charge on any atom is -0.361 e. The van der Waals surface area contributed by atoms with E-state index >= 15 is 0 Å². The van der Waals surface area contributed by atoms with Gasteiger partial charge in [-0.3, -0.25) is 9.59 Å². The molecule has 1 aliphatic carbocycles. The summed E-state index contributed by atoms with van der Waals surface area (Å²) in [7, 11) is 0. The van der Waals surface area contributed by atoms with E-state index in [1.807, 2.05) is 61.5 Å². The zero-order chi connectivity index (χ0) is 18.5. The molecular formula is C22H20N2NiO2. The van der Waals surface area contributed by atoms with Crippen LogP contribution in [-0.2, 0) is 26.1 Å². The standard InChI is InChI=1S/C22H20N2O2.Ni/c1-15(13-16(2)25)24-19-10-8-18(9-11-19)23-14-21-20-6-4-3-5-17(20)7-12-22(21)26;/h3-14,23-24H,1-2H3;/b15-13+,21-14-;. The van der Waals surface area contributed by atoms with Crippen molar-refractivity contribution in [3.8, 4) is 0 Å². The first-order chi connectivity index (χ1) is 12.5. The van der Waals surface area contributed by atoms with Crippen molar-refractivity contribution >= 4 is 34.6 Å². The minimum absolute atomic E-state index is 0. The SMILES string of the molecule is CC(=O)/C=C(\C)Nc1ccc(N/C=C2\C(=O)C=Cc3ccccc32)cc1.[Ni]. The van der Waals surface area contributed by atoms with Crippen LogP contribution in [0.15, 0.2) is 72.6 Å². The normalized spacial score (nSPS) is 14.4. The Morgan fingerprint density at radius 1 is 0.926 bits per heavy atom. The number of rotatable bonds is 5. The fourth-order valence-electron chi connectivity index (χ4n) is 2.80. The second-order valence-corrected chi connectivity index (χ2v) is 6.13. The summed E-state index contributed by atoms with van der Waals surface area (Å²) in [6.07, 6.45) is 6.73. The summed E-state index contributed by atoms with van der Waals surface area (Å²) < 4.78 is 0. The molecule has 0 amide bonds. The van der Waals surface area contributed by atoms with Gasteiger partial charge in [0.25, 0.3) is 0 Å². The molecule has 0 radical (unpaired) electrons. The number of fused-ring (bicyclic) bond motifs is 1. The first-order valence-electron chi connectivity index (χ1n) is 8.37. The third-order valence-corrected chi connectivity index (χ3v) is 3.96. The molecule has 0 bridgehead atoms. The number of anilines is 2. The Morgan fingerprint density at radius 2 is 1.59 bits per heavy atom. The molecule has 2 aromatic carbocycles. The van der Waals surface area contributed by atoms with Crippen LogP contribution < -0.4 is 10.6 Å². The van der Waals surface area contributed by atoms with Gasteiger partial charge in [0.1, 0.15) is 0 Å². The van der Waals surface area contributed by atoms with E-state index in [4.69, 9.17) is 0 Å². The molecule has 0 unspecified atom stereocenters. The summed E-state index contributed by atoms with van der Waals surface area (Å²) in [5.74, 6) is -0.00845. The topological polar surface area (TPSA) is 58.2 Å². The van der Waals surface area contributed by atoms with E-state index in [1.54, 1.807) is 18.4 Å². The summed E-state index contributed by atoms with van der Waals surface area (Å²) in [6.45, 7) is 3.36. The van der Waals surface area contributed by atoms with E-state index in [0.29, 0.717) is 5.57 Å². The van der Waals surface area contributed by atoms with Crippen molar-refractivity contribution in [3.63, 3.8) is 0 Å². The maximum absolute atomic E-state index is 12.2. The van der Waals surface area contributed by atoms with Crippen molar-refractivity contribution in [1.29, 1.82) is 0 Å². The number of benzene rings is 2. The molecule has 2 aromatic rings. The van der Waals surface area contributed by atoms with Gasteiger partial charge in [-0.2, -0.15) is 0 Å². The van der Waals surface area contributed by atoms with Crippen LogP contribution in [0.1, 0.15) is 25.0 Å². The molecule has 0 heterocycles. The monoisotopic (exact) mass is 402 g/mol. The predicted octanol–water partition coefficient (Wildman–Crippen LogP) is 4.64. The van der Waals surface area contributed by atoms with E-state index in [-0.39, 0.29) is 28.1 Å². The molecule has 140 valence electrons. The van der Waals surface area contributed by atoms with Crippen LogP contribution in [0.25, 0.3) is 11.6 Å². The van der Waals surface area contributed by atoms with Crippen LogP contribution in [0.2, 0.25) is 0 Å². The van der Waals surface area contributed by atoms with E-state index in [0.717, 1.165) is 28.2 Å². The van der Waals surface area contributed by atoms with Crippen molar-refractivity contribution in [2.45, 2.75) is 13.8 Å². The first-order valence-corrected chi connectivity index (χ1v) is 8.37. The van der Waals surface area contributed by atoms with Gasteiger partial charge in [-0.25, -0.2) is 0 Å². The summed E-state index contributed by atoms with van der Waals surface area (Å²) >= 11 is 0. The van der Waals surface area contributed by atoms with Crippen LogP contribution in [0.4, 0.5) is 11.4 Å². The van der Waals surface area contributed by atoms with Gasteiger partial charge < -0.3 is 10.6 Å². The van der Waals surface area contributed by atoms with Gasteiger partial charge in [0.2, 0.25) is 0 Å². The number of ketones is 2. The second-order valence-electron chi connectivity index (χ2n) is 6.13. The third kappa shape index (κ3) is 5.28. The predicted molar refractivity (Wildman–Crippen MR) is 107 cm³/mol. The molecule has 3 rings (SSSR count). The Balaban J connectivity index is 0.00000261. The number of allylic oxidation sites excluding steroid dienone is 4. The Bertz CT molecular complexity index is 941. The average Bonchev–Trinajstić information content (AvgIpc) is 2.61. The van der Waals surface area contributed by atoms with Gasteiger partial charge in [0.15, 0.2) is 11.6 Å². The maximum Gasteiger partial charge on any atom is 0.187 e. The van der Waals surface area contributed by atoms with Crippen LogP contribution in [0, 0.1) is 0 Å². The van der Waals surface area contributed by atoms with Crippen LogP contribution in [0.5, 0.6) is 0 Å². The molecule has 0 aromatic heterocycles. The largest absolute Gasteiger partial charge is 0.361 e. The summed E-state index contributed by atoms with van der Waals surface area (Å²) in [4.78, 5) is 23.3. The van der Waals surface area contributed by atoms with Crippen molar-refractivity contribution in [2.75, 3.05) is 10.6 Å².